The van der Waals surface area contributed by atoms with Crippen LogP contribution in [-0.2, 0) is 26.0 Å². The minimum absolute atomic E-state index is 0.00547. The van der Waals surface area contributed by atoms with Crippen LogP contribution in [0.25, 0.3) is 0 Å². The number of benzene rings is 1. The first-order chi connectivity index (χ1) is 17.8. The molecule has 3 N–H and O–H groups in total. The Morgan fingerprint density at radius 3 is 2.30 bits per heavy atom. The van der Waals surface area contributed by atoms with Gasteiger partial charge in [-0.25, -0.2) is 18.6 Å². The second-order valence-corrected chi connectivity index (χ2v) is 11.5. The molecule has 9 nitrogen and oxygen atoms in total. The average Bonchev–Trinajstić information content (AvgIpc) is 3.64. The number of hydrogen-bond acceptors (Lipinski definition) is 6. The van der Waals surface area contributed by atoms with Crippen molar-refractivity contribution in [2.75, 3.05) is 33.2 Å². The lowest BCUT2D eigenvalue weighted by Gasteiger charge is -2.30. The highest BCUT2D eigenvalue weighted by Crippen LogP contribution is 2.27. The molecule has 0 radical (unpaired) electrons. The molecule has 0 spiro atoms. The lowest BCUT2D eigenvalue weighted by Crippen LogP contribution is -2.42. The molecular formula is C27H44N4O5S. The molecule has 0 aromatic heterocycles. The molecular weight excluding hydrogens is 492 g/mol. The SMILES string of the molecule is C=CCN(C(=O)Cc1ccc(S(=O)(=O)NC)cc1)C(CC)CCNO.O=C(C1CCCC1)N1CCCC1. The van der Waals surface area contributed by atoms with Crippen molar-refractivity contribution in [2.24, 2.45) is 5.92 Å². The Hall–Kier alpha value is -2.27. The Balaban J connectivity index is 0.000000330. The van der Waals surface area contributed by atoms with E-state index >= 15 is 0 Å². The monoisotopic (exact) mass is 536 g/mol. The van der Waals surface area contributed by atoms with E-state index in [1.807, 2.05) is 6.92 Å². The first kappa shape index (κ1) is 31.0. The van der Waals surface area contributed by atoms with Crippen molar-refractivity contribution >= 4 is 21.8 Å². The molecule has 1 saturated heterocycles. The van der Waals surface area contributed by atoms with Crippen LogP contribution in [-0.4, -0.2) is 74.5 Å². The maximum absolute atomic E-state index is 12.7. The van der Waals surface area contributed by atoms with Crippen LogP contribution < -0.4 is 10.2 Å². The maximum Gasteiger partial charge on any atom is 0.240 e. The Bertz CT molecular complexity index is 938. The summed E-state index contributed by atoms with van der Waals surface area (Å²) in [7, 11) is -2.13. The van der Waals surface area contributed by atoms with Gasteiger partial charge in [-0.05, 0) is 63.3 Å². The van der Waals surface area contributed by atoms with Crippen molar-refractivity contribution < 1.29 is 23.2 Å². The van der Waals surface area contributed by atoms with Crippen LogP contribution in [0.3, 0.4) is 0 Å². The minimum atomic E-state index is -3.49. The van der Waals surface area contributed by atoms with E-state index < -0.39 is 10.0 Å². The van der Waals surface area contributed by atoms with Gasteiger partial charge in [0.1, 0.15) is 0 Å². The van der Waals surface area contributed by atoms with E-state index in [1.165, 1.54) is 44.9 Å². The third kappa shape index (κ3) is 9.52. The number of hydrogen-bond donors (Lipinski definition) is 3. The fraction of sp³-hybridized carbons (Fsp3) is 0.630. The highest BCUT2D eigenvalue weighted by atomic mass is 32.2. The molecule has 2 fully saturated rings. The Kier molecular flexibility index (Phi) is 13.3. The summed E-state index contributed by atoms with van der Waals surface area (Å²) >= 11 is 0. The quantitative estimate of drug-likeness (QED) is 0.279. The largest absolute Gasteiger partial charge is 0.342 e. The molecule has 10 heteroatoms. The first-order valence-corrected chi connectivity index (χ1v) is 14.8. The van der Waals surface area contributed by atoms with Crippen LogP contribution in [0, 0.1) is 5.92 Å². The number of carbonyl (C=O) groups is 2. The van der Waals surface area contributed by atoms with Crippen molar-refractivity contribution in [1.29, 1.82) is 0 Å². The zero-order valence-corrected chi connectivity index (χ0v) is 23.1. The van der Waals surface area contributed by atoms with Gasteiger partial charge in [0.05, 0.1) is 11.3 Å². The molecule has 1 heterocycles. The van der Waals surface area contributed by atoms with E-state index in [9.17, 15) is 18.0 Å². The molecule has 1 saturated carbocycles. The summed E-state index contributed by atoms with van der Waals surface area (Å²) in [4.78, 5) is 28.4. The topological polar surface area (TPSA) is 119 Å². The number of hydroxylamine groups is 1. The molecule has 0 bridgehead atoms. The average molecular weight is 537 g/mol. The van der Waals surface area contributed by atoms with Gasteiger partial charge in [0.15, 0.2) is 0 Å². The number of sulfonamides is 1. The van der Waals surface area contributed by atoms with Crippen molar-refractivity contribution in [3.05, 3.63) is 42.5 Å². The van der Waals surface area contributed by atoms with Crippen molar-refractivity contribution in [3.8, 4) is 0 Å². The second-order valence-electron chi connectivity index (χ2n) is 9.64. The van der Waals surface area contributed by atoms with E-state index in [1.54, 1.807) is 23.1 Å². The van der Waals surface area contributed by atoms with E-state index in [0.29, 0.717) is 31.3 Å². The van der Waals surface area contributed by atoms with Gasteiger partial charge in [0.2, 0.25) is 21.8 Å². The number of likely N-dealkylation sites (tertiary alicyclic amines) is 1. The molecule has 3 rings (SSSR count). The predicted molar refractivity (Wildman–Crippen MR) is 145 cm³/mol. The van der Waals surface area contributed by atoms with Crippen LogP contribution in [0.2, 0.25) is 0 Å². The van der Waals surface area contributed by atoms with Gasteiger partial charge in [-0.2, -0.15) is 0 Å². The van der Waals surface area contributed by atoms with Gasteiger partial charge < -0.3 is 15.0 Å². The lowest BCUT2D eigenvalue weighted by atomic mass is 10.1. The summed E-state index contributed by atoms with van der Waals surface area (Å²) in [5.41, 5.74) is 2.86. The number of amides is 2. The zero-order chi connectivity index (χ0) is 27.3. The molecule has 208 valence electrons. The van der Waals surface area contributed by atoms with E-state index in [4.69, 9.17) is 5.21 Å². The Morgan fingerprint density at radius 2 is 1.78 bits per heavy atom. The lowest BCUT2D eigenvalue weighted by molar-refractivity contribution is -0.134. The molecule has 1 aromatic rings. The Morgan fingerprint density at radius 1 is 1.16 bits per heavy atom. The smallest absolute Gasteiger partial charge is 0.240 e. The van der Waals surface area contributed by atoms with Gasteiger partial charge in [-0.15, -0.1) is 6.58 Å². The van der Waals surface area contributed by atoms with E-state index in [-0.39, 0.29) is 23.3 Å². The van der Waals surface area contributed by atoms with Crippen LogP contribution >= 0.6 is 0 Å². The standard InChI is InChI=1S/C17H27N3O4S.C10H17NO/c1-4-12-20(15(5-2)10-11-19-22)17(21)13-14-6-8-16(9-7-14)25(23,24)18-3;12-10(9-5-1-2-6-9)11-7-3-4-8-11/h4,6-9,15,18-19,22H,1,5,10-13H2,2-3H3;9H,1-8H2. The summed E-state index contributed by atoms with van der Waals surface area (Å²) in [6.07, 6.45) is 10.5. The van der Waals surface area contributed by atoms with Crippen molar-refractivity contribution in [2.45, 2.75) is 75.6 Å². The summed E-state index contributed by atoms with van der Waals surface area (Å²) in [5.74, 6) is 0.780. The number of nitrogens with zero attached hydrogens (tertiary/aromatic N) is 2. The van der Waals surface area contributed by atoms with E-state index in [0.717, 1.165) is 37.9 Å². The highest BCUT2D eigenvalue weighted by Gasteiger charge is 2.28. The molecule has 1 aromatic carbocycles. The maximum atomic E-state index is 12.7. The fourth-order valence-electron chi connectivity index (χ4n) is 4.95. The van der Waals surface area contributed by atoms with E-state index in [2.05, 4.69) is 21.7 Å². The van der Waals surface area contributed by atoms with Gasteiger partial charge >= 0.3 is 0 Å². The molecule has 1 unspecified atom stereocenters. The number of nitrogens with one attached hydrogen (secondary N) is 2. The summed E-state index contributed by atoms with van der Waals surface area (Å²) in [6.45, 7) is 8.56. The number of rotatable bonds is 12. The molecule has 1 atom stereocenters. The Labute approximate surface area is 222 Å². The molecule has 2 amide bonds. The minimum Gasteiger partial charge on any atom is -0.342 e. The molecule has 2 aliphatic rings. The van der Waals surface area contributed by atoms with Gasteiger partial charge in [-0.1, -0.05) is 38.0 Å². The van der Waals surface area contributed by atoms with Gasteiger partial charge in [0.25, 0.3) is 0 Å². The fourth-order valence-corrected chi connectivity index (χ4v) is 5.68. The predicted octanol–water partition coefficient (Wildman–Crippen LogP) is 3.10. The van der Waals surface area contributed by atoms with Crippen molar-refractivity contribution in [3.63, 3.8) is 0 Å². The normalized spacial score (nSPS) is 16.7. The molecule has 1 aliphatic carbocycles. The van der Waals surface area contributed by atoms with Gasteiger partial charge in [0, 0.05) is 38.1 Å². The molecule has 37 heavy (non-hydrogen) atoms. The number of carbonyl (C=O) groups excluding carboxylic acids is 2. The summed E-state index contributed by atoms with van der Waals surface area (Å²) < 4.78 is 25.7. The van der Waals surface area contributed by atoms with Crippen LogP contribution in [0.1, 0.15) is 63.9 Å². The third-order valence-corrected chi connectivity index (χ3v) is 8.56. The van der Waals surface area contributed by atoms with Crippen LogP contribution in [0.4, 0.5) is 0 Å². The third-order valence-electron chi connectivity index (χ3n) is 7.13. The first-order valence-electron chi connectivity index (χ1n) is 13.4. The van der Waals surface area contributed by atoms with Crippen LogP contribution in [0.15, 0.2) is 41.8 Å². The zero-order valence-electron chi connectivity index (χ0n) is 22.3. The second kappa shape index (κ2) is 15.9. The summed E-state index contributed by atoms with van der Waals surface area (Å²) in [5, 5.41) is 8.78. The molecule has 1 aliphatic heterocycles. The van der Waals surface area contributed by atoms with Crippen LogP contribution in [0.5, 0.6) is 0 Å². The van der Waals surface area contributed by atoms with Gasteiger partial charge in [-0.3, -0.25) is 9.59 Å². The highest BCUT2D eigenvalue weighted by molar-refractivity contribution is 7.89. The van der Waals surface area contributed by atoms with Crippen molar-refractivity contribution in [1.82, 2.24) is 20.0 Å². The summed E-state index contributed by atoms with van der Waals surface area (Å²) in [6, 6.07) is 6.25.